The maximum absolute atomic E-state index is 8.75. The highest BCUT2D eigenvalue weighted by Gasteiger charge is 2.15. The van der Waals surface area contributed by atoms with E-state index in [0.29, 0.717) is 17.7 Å². The average Bonchev–Trinajstić information content (AvgIpc) is 2.92. The van der Waals surface area contributed by atoms with Gasteiger partial charge in [0.15, 0.2) is 0 Å². The number of hydrogen-bond donors (Lipinski definition) is 1. The first-order valence-corrected chi connectivity index (χ1v) is 6.64. The smallest absolute Gasteiger partial charge is 0.0991 e. The Morgan fingerprint density at radius 1 is 1.44 bits per heavy atom. The fourth-order valence-corrected chi connectivity index (χ4v) is 2.30. The van der Waals surface area contributed by atoms with Crippen molar-refractivity contribution in [2.75, 3.05) is 13.2 Å². The second-order valence-corrected chi connectivity index (χ2v) is 4.83. The van der Waals surface area contributed by atoms with Gasteiger partial charge in [0, 0.05) is 12.6 Å². The van der Waals surface area contributed by atoms with Crippen molar-refractivity contribution in [1.82, 2.24) is 5.32 Å². The number of nitriles is 1. The number of nitrogens with one attached hydrogen (secondary N) is 1. The predicted octanol–water partition coefficient (Wildman–Crippen LogP) is 2.78. The molecule has 1 aromatic carbocycles. The molecule has 0 bridgehead atoms. The summed E-state index contributed by atoms with van der Waals surface area (Å²) in [7, 11) is 0. The maximum Gasteiger partial charge on any atom is 0.0991 e. The van der Waals surface area contributed by atoms with Crippen LogP contribution in [0, 0.1) is 11.3 Å². The largest absolute Gasteiger partial charge is 0.378 e. The number of hydrogen-bond acceptors (Lipinski definition) is 3. The van der Waals surface area contributed by atoms with E-state index < -0.39 is 0 Å². The van der Waals surface area contributed by atoms with E-state index in [0.717, 1.165) is 19.6 Å². The van der Waals surface area contributed by atoms with Crippen LogP contribution >= 0.6 is 0 Å². The van der Waals surface area contributed by atoms with Crippen molar-refractivity contribution in [3.05, 3.63) is 35.4 Å². The van der Waals surface area contributed by atoms with Crippen LogP contribution in [0.3, 0.4) is 0 Å². The van der Waals surface area contributed by atoms with Gasteiger partial charge in [0.05, 0.1) is 17.7 Å². The third-order valence-corrected chi connectivity index (χ3v) is 3.48. The molecule has 0 aliphatic carbocycles. The van der Waals surface area contributed by atoms with Crippen LogP contribution in [0.2, 0.25) is 0 Å². The molecule has 1 aliphatic heterocycles. The van der Waals surface area contributed by atoms with Gasteiger partial charge in [-0.3, -0.25) is 0 Å². The lowest BCUT2D eigenvalue weighted by Crippen LogP contribution is -2.23. The maximum atomic E-state index is 8.75. The lowest BCUT2D eigenvalue weighted by Gasteiger charge is -2.16. The topological polar surface area (TPSA) is 45.0 Å². The third-order valence-electron chi connectivity index (χ3n) is 3.48. The van der Waals surface area contributed by atoms with Gasteiger partial charge in [-0.05, 0) is 50.4 Å². The highest BCUT2D eigenvalue weighted by atomic mass is 16.5. The Kier molecular flexibility index (Phi) is 4.74. The Bertz CT molecular complexity index is 401. The Balaban J connectivity index is 1.76. The monoisotopic (exact) mass is 244 g/mol. The fourth-order valence-electron chi connectivity index (χ4n) is 2.30. The summed E-state index contributed by atoms with van der Waals surface area (Å²) in [5.41, 5.74) is 1.94. The van der Waals surface area contributed by atoms with Crippen molar-refractivity contribution in [3.8, 4) is 6.07 Å². The first kappa shape index (κ1) is 13.1. The van der Waals surface area contributed by atoms with Crippen molar-refractivity contribution in [1.29, 1.82) is 5.26 Å². The van der Waals surface area contributed by atoms with E-state index in [1.165, 1.54) is 18.4 Å². The van der Waals surface area contributed by atoms with Crippen LogP contribution in [0.4, 0.5) is 0 Å². The van der Waals surface area contributed by atoms with E-state index in [1.54, 1.807) is 0 Å². The molecule has 1 heterocycles. The molecule has 0 amide bonds. The molecule has 0 spiro atoms. The number of ether oxygens (including phenoxy) is 1. The number of benzene rings is 1. The molecule has 3 nitrogen and oxygen atoms in total. The molecule has 2 unspecified atom stereocenters. The molecule has 2 rings (SSSR count). The molecule has 3 heteroatoms. The van der Waals surface area contributed by atoms with Crippen molar-refractivity contribution < 1.29 is 4.74 Å². The van der Waals surface area contributed by atoms with Crippen LogP contribution in [-0.2, 0) is 4.74 Å². The summed E-state index contributed by atoms with van der Waals surface area (Å²) in [5, 5.41) is 12.3. The van der Waals surface area contributed by atoms with Gasteiger partial charge < -0.3 is 10.1 Å². The summed E-state index contributed by atoms with van der Waals surface area (Å²) in [6.45, 7) is 4.05. The summed E-state index contributed by atoms with van der Waals surface area (Å²) in [4.78, 5) is 0. The summed E-state index contributed by atoms with van der Waals surface area (Å²) in [5.74, 6) is 0. The van der Waals surface area contributed by atoms with Crippen LogP contribution in [0.1, 0.15) is 43.4 Å². The summed E-state index contributed by atoms with van der Waals surface area (Å²) >= 11 is 0. The van der Waals surface area contributed by atoms with Crippen LogP contribution in [0.15, 0.2) is 24.3 Å². The summed E-state index contributed by atoms with van der Waals surface area (Å²) in [6, 6.07) is 10.2. The first-order chi connectivity index (χ1) is 8.79. The zero-order chi connectivity index (χ0) is 12.8. The lowest BCUT2D eigenvalue weighted by atomic mass is 10.1. The van der Waals surface area contributed by atoms with Gasteiger partial charge in [0.2, 0.25) is 0 Å². The molecule has 0 radical (unpaired) electrons. The van der Waals surface area contributed by atoms with E-state index in [2.05, 4.69) is 18.3 Å². The van der Waals surface area contributed by atoms with Gasteiger partial charge in [0.1, 0.15) is 0 Å². The van der Waals surface area contributed by atoms with Crippen molar-refractivity contribution in [2.45, 2.75) is 38.3 Å². The van der Waals surface area contributed by atoms with Crippen LogP contribution < -0.4 is 5.32 Å². The van der Waals surface area contributed by atoms with Crippen molar-refractivity contribution in [2.24, 2.45) is 0 Å². The molecule has 1 saturated heterocycles. The SMILES string of the molecule is CC(NCCC1CCCO1)c1ccc(C#N)cc1. The molecule has 0 saturated carbocycles. The zero-order valence-electron chi connectivity index (χ0n) is 10.9. The molecule has 0 aromatic heterocycles. The molecular formula is C15H20N2O. The third kappa shape index (κ3) is 3.56. The van der Waals surface area contributed by atoms with Gasteiger partial charge in [0.25, 0.3) is 0 Å². The quantitative estimate of drug-likeness (QED) is 0.866. The minimum absolute atomic E-state index is 0.319. The molecule has 1 aromatic rings. The predicted molar refractivity (Wildman–Crippen MR) is 71.2 cm³/mol. The standard InChI is InChI=1S/C15H20N2O/c1-12(14-6-4-13(11-16)5-7-14)17-9-8-15-3-2-10-18-15/h4-7,12,15,17H,2-3,8-10H2,1H3. The lowest BCUT2D eigenvalue weighted by molar-refractivity contribution is 0.103. The van der Waals surface area contributed by atoms with Gasteiger partial charge in [-0.25, -0.2) is 0 Å². The zero-order valence-corrected chi connectivity index (χ0v) is 10.9. The Hall–Kier alpha value is -1.37. The summed E-state index contributed by atoms with van der Waals surface area (Å²) < 4.78 is 5.59. The van der Waals surface area contributed by atoms with Crippen LogP contribution in [0.5, 0.6) is 0 Å². The Morgan fingerprint density at radius 3 is 2.83 bits per heavy atom. The number of nitrogens with zero attached hydrogens (tertiary/aromatic N) is 1. The highest BCUT2D eigenvalue weighted by Crippen LogP contribution is 2.16. The average molecular weight is 244 g/mol. The molecule has 2 atom stereocenters. The van der Waals surface area contributed by atoms with E-state index in [-0.39, 0.29) is 0 Å². The molecule has 1 aliphatic rings. The van der Waals surface area contributed by atoms with Crippen LogP contribution in [-0.4, -0.2) is 19.3 Å². The fraction of sp³-hybridized carbons (Fsp3) is 0.533. The second-order valence-electron chi connectivity index (χ2n) is 4.83. The Morgan fingerprint density at radius 2 is 2.22 bits per heavy atom. The molecule has 1 fully saturated rings. The van der Waals surface area contributed by atoms with E-state index in [9.17, 15) is 0 Å². The second kappa shape index (κ2) is 6.53. The molecule has 18 heavy (non-hydrogen) atoms. The van der Waals surface area contributed by atoms with Gasteiger partial charge in [-0.2, -0.15) is 5.26 Å². The van der Waals surface area contributed by atoms with E-state index in [1.807, 2.05) is 24.3 Å². The molecular weight excluding hydrogens is 224 g/mol. The first-order valence-electron chi connectivity index (χ1n) is 6.64. The van der Waals surface area contributed by atoms with Crippen molar-refractivity contribution in [3.63, 3.8) is 0 Å². The minimum Gasteiger partial charge on any atom is -0.378 e. The normalized spacial score (nSPS) is 20.6. The van der Waals surface area contributed by atoms with E-state index in [4.69, 9.17) is 10.00 Å². The van der Waals surface area contributed by atoms with Gasteiger partial charge >= 0.3 is 0 Å². The van der Waals surface area contributed by atoms with E-state index >= 15 is 0 Å². The molecule has 96 valence electrons. The van der Waals surface area contributed by atoms with Crippen molar-refractivity contribution >= 4 is 0 Å². The molecule has 1 N–H and O–H groups in total. The van der Waals surface area contributed by atoms with Gasteiger partial charge in [-0.15, -0.1) is 0 Å². The minimum atomic E-state index is 0.319. The Labute approximate surface area is 109 Å². The number of rotatable bonds is 5. The summed E-state index contributed by atoms with van der Waals surface area (Å²) in [6.07, 6.45) is 3.94. The van der Waals surface area contributed by atoms with Gasteiger partial charge in [-0.1, -0.05) is 12.1 Å². The highest BCUT2D eigenvalue weighted by molar-refractivity contribution is 5.32. The van der Waals surface area contributed by atoms with Crippen LogP contribution in [0.25, 0.3) is 0 Å².